The minimum Gasteiger partial charge on any atom is -0.347 e. The van der Waals surface area contributed by atoms with E-state index in [1.54, 1.807) is 24.0 Å². The van der Waals surface area contributed by atoms with Gasteiger partial charge in [-0.05, 0) is 31.5 Å². The number of aryl methyl sites for hydroxylation is 1. The number of likely N-dealkylation sites (tertiary alicyclic amines) is 1. The molecule has 0 bridgehead atoms. The molecule has 24 heavy (non-hydrogen) atoms. The highest BCUT2D eigenvalue weighted by Crippen LogP contribution is 2.17. The van der Waals surface area contributed by atoms with Crippen LogP contribution in [0.15, 0.2) is 30.5 Å². The van der Waals surface area contributed by atoms with Crippen molar-refractivity contribution in [2.45, 2.75) is 25.4 Å². The lowest BCUT2D eigenvalue weighted by molar-refractivity contribution is 0.0894. The molecule has 128 valence electrons. The average Bonchev–Trinajstić information content (AvgIpc) is 2.97. The molecule has 2 aromatic rings. The van der Waals surface area contributed by atoms with Gasteiger partial charge in [0.05, 0.1) is 0 Å². The molecule has 1 aliphatic rings. The Bertz CT molecular complexity index is 731. The van der Waals surface area contributed by atoms with Crippen LogP contribution in [0.25, 0.3) is 0 Å². The Kier molecular flexibility index (Phi) is 4.89. The molecule has 1 atom stereocenters. The van der Waals surface area contributed by atoms with E-state index in [0.717, 1.165) is 25.5 Å². The van der Waals surface area contributed by atoms with Crippen LogP contribution in [-0.2, 0) is 13.6 Å². The van der Waals surface area contributed by atoms with Gasteiger partial charge < -0.3 is 5.32 Å². The number of carbonyl (C=O) groups excluding carboxylic acids is 1. The van der Waals surface area contributed by atoms with Gasteiger partial charge >= 0.3 is 0 Å². The van der Waals surface area contributed by atoms with Crippen LogP contribution in [-0.4, -0.2) is 39.7 Å². The summed E-state index contributed by atoms with van der Waals surface area (Å²) in [6, 6.07) is 5.31. The van der Waals surface area contributed by atoms with E-state index in [4.69, 9.17) is 0 Å². The Morgan fingerprint density at radius 3 is 2.92 bits per heavy atom. The summed E-state index contributed by atoms with van der Waals surface area (Å²) in [4.78, 5) is 14.2. The first-order valence-electron chi connectivity index (χ1n) is 7.98. The third kappa shape index (κ3) is 3.97. The number of hydrogen-bond donors (Lipinski definition) is 1. The highest BCUT2D eigenvalue weighted by Gasteiger charge is 2.23. The van der Waals surface area contributed by atoms with Crippen molar-refractivity contribution in [1.29, 1.82) is 0 Å². The smallest absolute Gasteiger partial charge is 0.272 e. The second-order valence-electron chi connectivity index (χ2n) is 6.16. The van der Waals surface area contributed by atoms with Crippen LogP contribution in [0.4, 0.5) is 8.78 Å². The number of rotatable bonds is 4. The number of aromatic nitrogens is 2. The van der Waals surface area contributed by atoms with E-state index in [1.165, 1.54) is 12.1 Å². The maximum absolute atomic E-state index is 13.8. The molecular weight excluding hydrogens is 314 g/mol. The number of halogens is 2. The zero-order valence-corrected chi connectivity index (χ0v) is 13.5. The quantitative estimate of drug-likeness (QED) is 0.931. The van der Waals surface area contributed by atoms with Crippen molar-refractivity contribution in [3.8, 4) is 0 Å². The van der Waals surface area contributed by atoms with Crippen molar-refractivity contribution in [3.63, 3.8) is 0 Å². The summed E-state index contributed by atoms with van der Waals surface area (Å²) in [6.45, 7) is 1.87. The van der Waals surface area contributed by atoms with Crippen LogP contribution < -0.4 is 5.32 Å². The third-order valence-electron chi connectivity index (χ3n) is 4.20. The van der Waals surface area contributed by atoms with Crippen molar-refractivity contribution in [3.05, 3.63) is 53.4 Å². The lowest BCUT2D eigenvalue weighted by Crippen LogP contribution is -2.47. The molecule has 1 amide bonds. The van der Waals surface area contributed by atoms with Gasteiger partial charge in [-0.25, -0.2) is 8.78 Å². The summed E-state index contributed by atoms with van der Waals surface area (Å²) < 4.78 is 28.4. The fourth-order valence-corrected chi connectivity index (χ4v) is 3.00. The molecular formula is C17H20F2N4O. The SMILES string of the molecule is Cn1ccc(C(=O)NC2CCCN(Cc3ccc(F)cc3F)C2)n1. The highest BCUT2D eigenvalue weighted by molar-refractivity contribution is 5.92. The van der Waals surface area contributed by atoms with Gasteiger partial charge in [-0.1, -0.05) is 6.07 Å². The van der Waals surface area contributed by atoms with Gasteiger partial charge in [0.1, 0.15) is 17.3 Å². The Balaban J connectivity index is 1.59. The molecule has 1 aromatic carbocycles. The van der Waals surface area contributed by atoms with E-state index in [0.29, 0.717) is 24.3 Å². The molecule has 1 fully saturated rings. The van der Waals surface area contributed by atoms with Crippen molar-refractivity contribution < 1.29 is 13.6 Å². The van der Waals surface area contributed by atoms with E-state index in [2.05, 4.69) is 15.3 Å². The van der Waals surface area contributed by atoms with Crippen molar-refractivity contribution >= 4 is 5.91 Å². The minimum atomic E-state index is -0.574. The number of piperidine rings is 1. The van der Waals surface area contributed by atoms with E-state index in [1.807, 2.05) is 0 Å². The maximum atomic E-state index is 13.8. The molecule has 5 nitrogen and oxygen atoms in total. The summed E-state index contributed by atoms with van der Waals surface area (Å²) in [5, 5.41) is 7.07. The van der Waals surface area contributed by atoms with Crippen LogP contribution in [0.5, 0.6) is 0 Å². The summed E-state index contributed by atoms with van der Waals surface area (Å²) in [5.74, 6) is -1.31. The van der Waals surface area contributed by atoms with Crippen molar-refractivity contribution in [2.24, 2.45) is 7.05 Å². The second-order valence-corrected chi connectivity index (χ2v) is 6.16. The molecule has 1 N–H and O–H groups in total. The standard InChI is InChI=1S/C17H20F2N4O/c1-22-8-6-16(21-22)17(24)20-14-3-2-7-23(11-14)10-12-4-5-13(18)9-15(12)19/h4-6,8-9,14H,2-3,7,10-11H2,1H3,(H,20,24). The van der Waals surface area contributed by atoms with Crippen LogP contribution in [0, 0.1) is 11.6 Å². The molecule has 0 aliphatic carbocycles. The predicted octanol–water partition coefficient (Wildman–Crippen LogP) is 2.09. The number of benzene rings is 1. The third-order valence-corrected chi connectivity index (χ3v) is 4.20. The van der Waals surface area contributed by atoms with Crippen LogP contribution in [0.3, 0.4) is 0 Å². The normalized spacial score (nSPS) is 18.5. The molecule has 0 spiro atoms. The number of hydrogen-bond acceptors (Lipinski definition) is 3. The lowest BCUT2D eigenvalue weighted by atomic mass is 10.0. The molecule has 2 heterocycles. The molecule has 3 rings (SSSR count). The Labute approximate surface area is 139 Å². The fourth-order valence-electron chi connectivity index (χ4n) is 3.00. The molecule has 7 heteroatoms. The van der Waals surface area contributed by atoms with Gasteiger partial charge in [-0.3, -0.25) is 14.4 Å². The number of amides is 1. The van der Waals surface area contributed by atoms with Gasteiger partial charge in [-0.15, -0.1) is 0 Å². The van der Waals surface area contributed by atoms with Crippen LogP contribution in [0.2, 0.25) is 0 Å². The molecule has 0 radical (unpaired) electrons. The molecule has 0 saturated carbocycles. The number of nitrogens with zero attached hydrogens (tertiary/aromatic N) is 3. The number of nitrogens with one attached hydrogen (secondary N) is 1. The number of carbonyl (C=O) groups is 1. The second kappa shape index (κ2) is 7.09. The Hall–Kier alpha value is -2.28. The highest BCUT2D eigenvalue weighted by atomic mass is 19.1. The maximum Gasteiger partial charge on any atom is 0.272 e. The first kappa shape index (κ1) is 16.6. The zero-order valence-electron chi connectivity index (χ0n) is 13.5. The topological polar surface area (TPSA) is 50.2 Å². The summed E-state index contributed by atoms with van der Waals surface area (Å²) in [7, 11) is 1.76. The molecule has 1 saturated heterocycles. The van der Waals surface area contributed by atoms with Gasteiger partial charge in [0.15, 0.2) is 0 Å². The zero-order chi connectivity index (χ0) is 17.1. The van der Waals surface area contributed by atoms with Crippen molar-refractivity contribution in [2.75, 3.05) is 13.1 Å². The van der Waals surface area contributed by atoms with Crippen LogP contribution >= 0.6 is 0 Å². The summed E-state index contributed by atoms with van der Waals surface area (Å²) in [6.07, 6.45) is 3.51. The van der Waals surface area contributed by atoms with Crippen molar-refractivity contribution in [1.82, 2.24) is 20.0 Å². The van der Waals surface area contributed by atoms with E-state index < -0.39 is 11.6 Å². The van der Waals surface area contributed by atoms with Gasteiger partial charge in [0.2, 0.25) is 0 Å². The lowest BCUT2D eigenvalue weighted by Gasteiger charge is -2.33. The van der Waals surface area contributed by atoms with Gasteiger partial charge in [0, 0.05) is 44.0 Å². The average molecular weight is 334 g/mol. The first-order valence-corrected chi connectivity index (χ1v) is 7.98. The van der Waals surface area contributed by atoms with E-state index >= 15 is 0 Å². The van der Waals surface area contributed by atoms with Gasteiger partial charge in [0.25, 0.3) is 5.91 Å². The molecule has 1 aliphatic heterocycles. The van der Waals surface area contributed by atoms with Gasteiger partial charge in [-0.2, -0.15) is 5.10 Å². The molecule has 1 aromatic heterocycles. The van der Waals surface area contributed by atoms with E-state index in [9.17, 15) is 13.6 Å². The predicted molar refractivity (Wildman–Crippen MR) is 85.3 cm³/mol. The summed E-state index contributed by atoms with van der Waals surface area (Å²) >= 11 is 0. The minimum absolute atomic E-state index is 0.00299. The summed E-state index contributed by atoms with van der Waals surface area (Å²) in [5.41, 5.74) is 0.854. The largest absolute Gasteiger partial charge is 0.347 e. The Morgan fingerprint density at radius 1 is 1.38 bits per heavy atom. The van der Waals surface area contributed by atoms with Crippen LogP contribution in [0.1, 0.15) is 28.9 Å². The fraction of sp³-hybridized carbons (Fsp3) is 0.412. The first-order chi connectivity index (χ1) is 11.5. The Morgan fingerprint density at radius 2 is 2.21 bits per heavy atom. The van der Waals surface area contributed by atoms with E-state index in [-0.39, 0.29) is 11.9 Å². The molecule has 1 unspecified atom stereocenters. The monoisotopic (exact) mass is 334 g/mol.